The molecule has 0 aliphatic rings. The minimum atomic E-state index is -0.0475. The molecule has 0 N–H and O–H groups in total. The van der Waals surface area contributed by atoms with Crippen LogP contribution >= 0.6 is 11.6 Å². The Kier molecular flexibility index (Phi) is 2.00. The molecule has 1 aromatic rings. The molecule has 0 fully saturated rings. The van der Waals surface area contributed by atoms with E-state index in [4.69, 9.17) is 11.6 Å². The van der Waals surface area contributed by atoms with E-state index in [0.717, 1.165) is 11.4 Å². The maximum atomic E-state index is 5.82. The van der Waals surface area contributed by atoms with E-state index < -0.39 is 0 Å². The van der Waals surface area contributed by atoms with Crippen LogP contribution < -0.4 is 0 Å². The molecule has 3 heteroatoms. The molecular weight excluding hydrogens is 148 g/mol. The SMILES string of the molecule is Cc1cc(C)n(C(C)Cl)n1. The van der Waals surface area contributed by atoms with Gasteiger partial charge in [0.1, 0.15) is 5.50 Å². The van der Waals surface area contributed by atoms with Crippen molar-refractivity contribution in [3.63, 3.8) is 0 Å². The summed E-state index contributed by atoms with van der Waals surface area (Å²) < 4.78 is 1.80. The molecule has 56 valence electrons. The van der Waals surface area contributed by atoms with Gasteiger partial charge in [-0.3, -0.25) is 4.68 Å². The van der Waals surface area contributed by atoms with Crippen LogP contribution in [0.1, 0.15) is 23.8 Å². The minimum absolute atomic E-state index is 0.0475. The van der Waals surface area contributed by atoms with Gasteiger partial charge in [0.25, 0.3) is 0 Å². The van der Waals surface area contributed by atoms with E-state index in [1.165, 1.54) is 0 Å². The first kappa shape index (κ1) is 7.61. The quantitative estimate of drug-likeness (QED) is 0.574. The van der Waals surface area contributed by atoms with E-state index in [-0.39, 0.29) is 5.50 Å². The van der Waals surface area contributed by atoms with E-state index >= 15 is 0 Å². The third-order valence-electron chi connectivity index (χ3n) is 1.38. The van der Waals surface area contributed by atoms with Crippen LogP contribution in [0, 0.1) is 13.8 Å². The predicted molar refractivity (Wildman–Crippen MR) is 42.3 cm³/mol. The molecule has 1 aromatic heterocycles. The average Bonchev–Trinajstić information content (AvgIpc) is 2.10. The zero-order valence-corrected chi connectivity index (χ0v) is 7.18. The van der Waals surface area contributed by atoms with Crippen molar-refractivity contribution in [1.82, 2.24) is 9.78 Å². The van der Waals surface area contributed by atoms with Gasteiger partial charge in [0.2, 0.25) is 0 Å². The first-order chi connectivity index (χ1) is 4.61. The van der Waals surface area contributed by atoms with Crippen molar-refractivity contribution in [1.29, 1.82) is 0 Å². The maximum Gasteiger partial charge on any atom is 0.123 e. The second-order valence-electron chi connectivity index (χ2n) is 2.45. The summed E-state index contributed by atoms with van der Waals surface area (Å²) in [7, 11) is 0. The van der Waals surface area contributed by atoms with E-state index in [1.54, 1.807) is 4.68 Å². The summed E-state index contributed by atoms with van der Waals surface area (Å²) in [5.74, 6) is 0. The van der Waals surface area contributed by atoms with Crippen molar-refractivity contribution in [3.05, 3.63) is 17.5 Å². The lowest BCUT2D eigenvalue weighted by Crippen LogP contribution is -2.02. The standard InChI is InChI=1S/C7H11ClN2/c1-5-4-6(2)10(9-5)7(3)8/h4,7H,1-3H3. The lowest BCUT2D eigenvalue weighted by molar-refractivity contribution is 0.610. The molecular formula is C7H11ClN2. The highest BCUT2D eigenvalue weighted by Crippen LogP contribution is 2.13. The van der Waals surface area contributed by atoms with Crippen molar-refractivity contribution in [2.75, 3.05) is 0 Å². The van der Waals surface area contributed by atoms with Crippen LogP contribution in [0.15, 0.2) is 6.07 Å². The Hall–Kier alpha value is -0.500. The monoisotopic (exact) mass is 158 g/mol. The van der Waals surface area contributed by atoms with E-state index in [1.807, 2.05) is 26.8 Å². The Morgan fingerprint density at radius 3 is 2.40 bits per heavy atom. The first-order valence-electron chi connectivity index (χ1n) is 3.28. The Morgan fingerprint density at radius 1 is 1.60 bits per heavy atom. The van der Waals surface area contributed by atoms with Gasteiger partial charge in [-0.15, -0.1) is 0 Å². The number of alkyl halides is 1. The molecule has 0 bridgehead atoms. The van der Waals surface area contributed by atoms with Gasteiger partial charge in [-0.05, 0) is 26.8 Å². The lowest BCUT2D eigenvalue weighted by Gasteiger charge is -2.04. The van der Waals surface area contributed by atoms with Gasteiger partial charge < -0.3 is 0 Å². The normalized spacial score (nSPS) is 13.6. The van der Waals surface area contributed by atoms with Gasteiger partial charge in [-0.2, -0.15) is 5.10 Å². The number of halogens is 1. The van der Waals surface area contributed by atoms with Gasteiger partial charge in [-0.25, -0.2) is 0 Å². The van der Waals surface area contributed by atoms with Crippen LogP contribution in [-0.4, -0.2) is 9.78 Å². The smallest absolute Gasteiger partial charge is 0.123 e. The molecule has 0 radical (unpaired) electrons. The van der Waals surface area contributed by atoms with Gasteiger partial charge in [0.05, 0.1) is 5.69 Å². The molecule has 0 aliphatic heterocycles. The van der Waals surface area contributed by atoms with E-state index in [0.29, 0.717) is 0 Å². The highest BCUT2D eigenvalue weighted by Gasteiger charge is 2.04. The Balaban J connectivity index is 3.03. The lowest BCUT2D eigenvalue weighted by atomic mass is 10.4. The van der Waals surface area contributed by atoms with Crippen molar-refractivity contribution in [2.45, 2.75) is 26.3 Å². The molecule has 10 heavy (non-hydrogen) atoms. The fraction of sp³-hybridized carbons (Fsp3) is 0.571. The van der Waals surface area contributed by atoms with E-state index in [9.17, 15) is 0 Å². The number of hydrogen-bond donors (Lipinski definition) is 0. The zero-order valence-electron chi connectivity index (χ0n) is 6.43. The second-order valence-corrected chi connectivity index (χ2v) is 3.08. The number of hydrogen-bond acceptors (Lipinski definition) is 1. The molecule has 1 atom stereocenters. The van der Waals surface area contributed by atoms with Crippen LogP contribution in [-0.2, 0) is 0 Å². The summed E-state index contributed by atoms with van der Waals surface area (Å²) in [6.45, 7) is 5.86. The molecule has 0 saturated heterocycles. The molecule has 0 aliphatic carbocycles. The summed E-state index contributed by atoms with van der Waals surface area (Å²) in [6.07, 6.45) is 0. The highest BCUT2D eigenvalue weighted by atomic mass is 35.5. The number of rotatable bonds is 1. The highest BCUT2D eigenvalue weighted by molar-refractivity contribution is 6.18. The third kappa shape index (κ3) is 1.32. The molecule has 1 heterocycles. The van der Waals surface area contributed by atoms with Gasteiger partial charge in [-0.1, -0.05) is 11.6 Å². The minimum Gasteiger partial charge on any atom is -0.252 e. The Bertz CT molecular complexity index is 228. The van der Waals surface area contributed by atoms with E-state index in [2.05, 4.69) is 5.10 Å². The van der Waals surface area contributed by atoms with Crippen LogP contribution in [0.5, 0.6) is 0 Å². The van der Waals surface area contributed by atoms with Crippen LogP contribution in [0.4, 0.5) is 0 Å². The average molecular weight is 159 g/mol. The van der Waals surface area contributed by atoms with Crippen LogP contribution in [0.2, 0.25) is 0 Å². The third-order valence-corrected chi connectivity index (χ3v) is 1.57. The molecule has 1 rings (SSSR count). The molecule has 0 aromatic carbocycles. The second kappa shape index (κ2) is 2.62. The molecule has 0 amide bonds. The van der Waals surface area contributed by atoms with Gasteiger partial charge in [0.15, 0.2) is 0 Å². The Labute approximate surface area is 65.8 Å². The first-order valence-corrected chi connectivity index (χ1v) is 3.71. The van der Waals surface area contributed by atoms with Crippen molar-refractivity contribution in [3.8, 4) is 0 Å². The largest absolute Gasteiger partial charge is 0.252 e. The zero-order chi connectivity index (χ0) is 7.72. The fourth-order valence-corrected chi connectivity index (χ4v) is 1.20. The van der Waals surface area contributed by atoms with Crippen molar-refractivity contribution >= 4 is 11.6 Å². The fourth-order valence-electron chi connectivity index (χ4n) is 1.01. The van der Waals surface area contributed by atoms with Crippen molar-refractivity contribution in [2.24, 2.45) is 0 Å². The summed E-state index contributed by atoms with van der Waals surface area (Å²) in [6, 6.07) is 2.01. The van der Waals surface area contributed by atoms with Crippen LogP contribution in [0.25, 0.3) is 0 Å². The molecule has 1 unspecified atom stereocenters. The topological polar surface area (TPSA) is 17.8 Å². The summed E-state index contributed by atoms with van der Waals surface area (Å²) in [5.41, 5.74) is 2.08. The summed E-state index contributed by atoms with van der Waals surface area (Å²) in [5, 5.41) is 4.19. The summed E-state index contributed by atoms with van der Waals surface area (Å²) >= 11 is 5.82. The van der Waals surface area contributed by atoms with Gasteiger partial charge >= 0.3 is 0 Å². The Morgan fingerprint density at radius 2 is 2.20 bits per heavy atom. The maximum absolute atomic E-state index is 5.82. The number of aryl methyl sites for hydroxylation is 2. The van der Waals surface area contributed by atoms with Gasteiger partial charge in [0, 0.05) is 5.69 Å². The number of aromatic nitrogens is 2. The molecule has 0 spiro atoms. The number of nitrogens with zero attached hydrogens (tertiary/aromatic N) is 2. The predicted octanol–water partition coefficient (Wildman–Crippen LogP) is 2.26. The molecule has 0 saturated carbocycles. The summed E-state index contributed by atoms with van der Waals surface area (Å²) in [4.78, 5) is 0. The van der Waals surface area contributed by atoms with Crippen LogP contribution in [0.3, 0.4) is 0 Å². The molecule has 2 nitrogen and oxygen atoms in total. The van der Waals surface area contributed by atoms with Crippen molar-refractivity contribution < 1.29 is 0 Å².